The Morgan fingerprint density at radius 2 is 1.79 bits per heavy atom. The maximum absolute atomic E-state index is 12.9. The van der Waals surface area contributed by atoms with Gasteiger partial charge in [-0.1, -0.05) is 48.5 Å². The second-order valence-electron chi connectivity index (χ2n) is 7.32. The van der Waals surface area contributed by atoms with Crippen LogP contribution in [0, 0.1) is 0 Å². The number of esters is 1. The van der Waals surface area contributed by atoms with E-state index < -0.39 is 6.10 Å². The fourth-order valence-corrected chi connectivity index (χ4v) is 4.51. The van der Waals surface area contributed by atoms with Crippen molar-refractivity contribution in [1.29, 1.82) is 0 Å². The molecule has 4 rings (SSSR count). The van der Waals surface area contributed by atoms with Crippen molar-refractivity contribution in [3.63, 3.8) is 0 Å². The number of carbonyl (C=O) groups excluding carboxylic acids is 2. The number of benzene rings is 3. The van der Waals surface area contributed by atoms with Crippen molar-refractivity contribution >= 4 is 40.1 Å². The topological polar surface area (TPSA) is 46.6 Å². The number of para-hydroxylation sites is 1. The molecule has 3 aromatic rings. The normalized spacial score (nSPS) is 16.5. The first-order chi connectivity index (χ1) is 14.0. The molecule has 5 heteroatoms. The molecule has 0 saturated carbocycles. The fourth-order valence-electron chi connectivity index (χ4n) is 3.78. The Labute approximate surface area is 174 Å². The summed E-state index contributed by atoms with van der Waals surface area (Å²) in [7, 11) is 0. The van der Waals surface area contributed by atoms with Crippen LogP contribution in [0.3, 0.4) is 0 Å². The zero-order chi connectivity index (χ0) is 20.4. The van der Waals surface area contributed by atoms with Crippen molar-refractivity contribution in [2.75, 3.05) is 10.7 Å². The second-order valence-corrected chi connectivity index (χ2v) is 8.37. The minimum atomic E-state index is -0.812. The van der Waals surface area contributed by atoms with Crippen molar-refractivity contribution in [3.05, 3.63) is 72.3 Å². The van der Waals surface area contributed by atoms with Crippen LogP contribution in [0.1, 0.15) is 19.4 Å². The maximum Gasteiger partial charge on any atom is 0.317 e. The molecule has 1 amide bonds. The zero-order valence-electron chi connectivity index (χ0n) is 16.5. The predicted octanol–water partition coefficient (Wildman–Crippen LogP) is 4.84. The monoisotopic (exact) mass is 405 g/mol. The third-order valence-corrected chi connectivity index (χ3v) is 6.15. The van der Waals surface area contributed by atoms with Gasteiger partial charge in [0.1, 0.15) is 0 Å². The average molecular weight is 406 g/mol. The minimum Gasteiger partial charge on any atom is -0.452 e. The Hall–Kier alpha value is -2.79. The van der Waals surface area contributed by atoms with Crippen LogP contribution in [0.2, 0.25) is 0 Å². The molecule has 0 unspecified atom stereocenters. The Morgan fingerprint density at radius 3 is 2.62 bits per heavy atom. The van der Waals surface area contributed by atoms with E-state index in [9.17, 15) is 9.59 Å². The van der Waals surface area contributed by atoms with Crippen LogP contribution in [0.5, 0.6) is 0 Å². The van der Waals surface area contributed by atoms with Crippen molar-refractivity contribution in [1.82, 2.24) is 0 Å². The first-order valence-electron chi connectivity index (χ1n) is 9.75. The van der Waals surface area contributed by atoms with Crippen molar-refractivity contribution in [2.45, 2.75) is 37.3 Å². The third-order valence-electron chi connectivity index (χ3n) is 5.18. The van der Waals surface area contributed by atoms with E-state index in [1.165, 1.54) is 17.1 Å². The van der Waals surface area contributed by atoms with Gasteiger partial charge in [0, 0.05) is 16.6 Å². The van der Waals surface area contributed by atoms with E-state index >= 15 is 0 Å². The lowest BCUT2D eigenvalue weighted by Crippen LogP contribution is -2.43. The molecule has 2 atom stereocenters. The molecule has 3 aromatic carbocycles. The zero-order valence-corrected chi connectivity index (χ0v) is 17.3. The van der Waals surface area contributed by atoms with Crippen molar-refractivity contribution in [3.8, 4) is 0 Å². The molecule has 29 heavy (non-hydrogen) atoms. The third kappa shape index (κ3) is 4.15. The molecular weight excluding hydrogens is 382 g/mol. The highest BCUT2D eigenvalue weighted by molar-refractivity contribution is 8.00. The Morgan fingerprint density at radius 1 is 1.07 bits per heavy atom. The molecule has 0 bridgehead atoms. The highest BCUT2D eigenvalue weighted by atomic mass is 32.2. The number of amides is 1. The molecule has 0 aromatic heterocycles. The van der Waals surface area contributed by atoms with E-state index in [0.717, 1.165) is 28.0 Å². The lowest BCUT2D eigenvalue weighted by Gasteiger charge is -2.25. The number of hydrogen-bond acceptors (Lipinski definition) is 4. The minimum absolute atomic E-state index is 0.0630. The number of nitrogens with zero attached hydrogens (tertiary/aromatic N) is 1. The first kappa shape index (κ1) is 19.5. The summed E-state index contributed by atoms with van der Waals surface area (Å²) in [5.74, 6) is -0.391. The van der Waals surface area contributed by atoms with Crippen molar-refractivity contribution < 1.29 is 14.3 Å². The van der Waals surface area contributed by atoms with E-state index in [1.807, 2.05) is 61.5 Å². The largest absolute Gasteiger partial charge is 0.452 e. The standard InChI is InChI=1S/C24H23NO3S/c1-16-13-20-9-5-6-10-22(20)25(16)24(27)17(2)28-23(26)15-29-21-12-11-18-7-3-4-8-19(18)14-21/h3-12,14,16-17H,13,15H2,1-2H3/t16-,17+/m0/s1. The van der Waals surface area contributed by atoms with Crippen LogP contribution < -0.4 is 4.90 Å². The van der Waals surface area contributed by atoms with Gasteiger partial charge in [-0.25, -0.2) is 0 Å². The van der Waals surface area contributed by atoms with E-state index in [1.54, 1.807) is 11.8 Å². The molecule has 0 saturated heterocycles. The fraction of sp³-hybridized carbons (Fsp3) is 0.250. The number of thioether (sulfide) groups is 1. The van der Waals surface area contributed by atoms with Gasteiger partial charge in [-0.2, -0.15) is 0 Å². The van der Waals surface area contributed by atoms with Crippen LogP contribution in [0.25, 0.3) is 10.8 Å². The van der Waals surface area contributed by atoms with Gasteiger partial charge in [-0.05, 0) is 54.8 Å². The summed E-state index contributed by atoms with van der Waals surface area (Å²) in [5.41, 5.74) is 2.07. The van der Waals surface area contributed by atoms with E-state index in [2.05, 4.69) is 12.1 Å². The van der Waals surface area contributed by atoms with E-state index in [4.69, 9.17) is 4.74 Å². The molecule has 0 fully saturated rings. The van der Waals surface area contributed by atoms with E-state index in [-0.39, 0.29) is 23.7 Å². The lowest BCUT2D eigenvalue weighted by atomic mass is 10.1. The van der Waals surface area contributed by atoms with Gasteiger partial charge < -0.3 is 9.64 Å². The van der Waals surface area contributed by atoms with Gasteiger partial charge in [0.2, 0.25) is 0 Å². The molecule has 1 heterocycles. The molecule has 0 N–H and O–H groups in total. The Kier molecular flexibility index (Phi) is 5.58. The first-order valence-corrected chi connectivity index (χ1v) is 10.7. The number of rotatable bonds is 5. The van der Waals surface area contributed by atoms with Crippen LogP contribution in [0.15, 0.2) is 71.6 Å². The van der Waals surface area contributed by atoms with Gasteiger partial charge in [-0.15, -0.1) is 11.8 Å². The number of hydrogen-bond donors (Lipinski definition) is 0. The van der Waals surface area contributed by atoms with Gasteiger partial charge in [-0.3, -0.25) is 9.59 Å². The number of carbonyl (C=O) groups is 2. The predicted molar refractivity (Wildman–Crippen MR) is 117 cm³/mol. The van der Waals surface area contributed by atoms with Crippen LogP contribution >= 0.6 is 11.8 Å². The van der Waals surface area contributed by atoms with E-state index in [0.29, 0.717) is 0 Å². The van der Waals surface area contributed by atoms with Crippen LogP contribution in [0.4, 0.5) is 5.69 Å². The summed E-state index contributed by atoms with van der Waals surface area (Å²) in [6, 6.07) is 22.2. The summed E-state index contributed by atoms with van der Waals surface area (Å²) in [6.45, 7) is 3.66. The van der Waals surface area contributed by atoms with Gasteiger partial charge in [0.25, 0.3) is 5.91 Å². The van der Waals surface area contributed by atoms with Crippen molar-refractivity contribution in [2.24, 2.45) is 0 Å². The summed E-state index contributed by atoms with van der Waals surface area (Å²) in [6.07, 6.45) is 0.00809. The summed E-state index contributed by atoms with van der Waals surface area (Å²) < 4.78 is 5.45. The van der Waals surface area contributed by atoms with Gasteiger partial charge in [0.15, 0.2) is 6.10 Å². The molecule has 0 aliphatic carbocycles. The summed E-state index contributed by atoms with van der Waals surface area (Å²) in [4.78, 5) is 28.0. The molecule has 4 nitrogen and oxygen atoms in total. The molecule has 148 valence electrons. The summed E-state index contributed by atoms with van der Waals surface area (Å²) in [5, 5.41) is 2.30. The Balaban J connectivity index is 1.36. The highest BCUT2D eigenvalue weighted by Crippen LogP contribution is 2.32. The smallest absolute Gasteiger partial charge is 0.317 e. The quantitative estimate of drug-likeness (QED) is 0.450. The van der Waals surface area contributed by atoms with Crippen LogP contribution in [-0.4, -0.2) is 29.8 Å². The Bertz CT molecular complexity index is 1060. The lowest BCUT2D eigenvalue weighted by molar-refractivity contribution is -0.151. The second kappa shape index (κ2) is 8.29. The van der Waals surface area contributed by atoms with Crippen LogP contribution in [-0.2, 0) is 20.7 Å². The highest BCUT2D eigenvalue weighted by Gasteiger charge is 2.34. The molecule has 0 radical (unpaired) electrons. The molecular formula is C24H23NO3S. The average Bonchev–Trinajstić information content (AvgIpc) is 3.07. The SMILES string of the molecule is C[C@@H](OC(=O)CSc1ccc2ccccc2c1)C(=O)N1c2ccccc2C[C@@H]1C. The summed E-state index contributed by atoms with van der Waals surface area (Å²) >= 11 is 1.42. The molecule has 1 aliphatic heterocycles. The van der Waals surface area contributed by atoms with Gasteiger partial charge in [0.05, 0.1) is 5.75 Å². The molecule has 0 spiro atoms. The van der Waals surface area contributed by atoms with Gasteiger partial charge >= 0.3 is 5.97 Å². The maximum atomic E-state index is 12.9. The number of ether oxygens (including phenoxy) is 1. The number of anilines is 1. The molecule has 1 aliphatic rings. The number of fused-ring (bicyclic) bond motifs is 2.